The second-order valence-corrected chi connectivity index (χ2v) is 4.56. The van der Waals surface area contributed by atoms with Crippen molar-refractivity contribution in [2.24, 2.45) is 0 Å². The molecule has 4 nitrogen and oxygen atoms in total. The summed E-state index contributed by atoms with van der Waals surface area (Å²) >= 11 is 0. The third-order valence-electron chi connectivity index (χ3n) is 3.12. The van der Waals surface area contributed by atoms with Gasteiger partial charge in [0.1, 0.15) is 6.61 Å². The van der Waals surface area contributed by atoms with Crippen LogP contribution in [0.2, 0.25) is 0 Å². The minimum atomic E-state index is -0.202. The van der Waals surface area contributed by atoms with Gasteiger partial charge in [0.05, 0.1) is 11.9 Å². The Kier molecular flexibility index (Phi) is 4.70. The van der Waals surface area contributed by atoms with Gasteiger partial charge in [-0.1, -0.05) is 17.9 Å². The molecule has 2 rings (SSSR count). The van der Waals surface area contributed by atoms with E-state index in [2.05, 4.69) is 16.8 Å². The Labute approximate surface area is 124 Å². The van der Waals surface area contributed by atoms with Crippen LogP contribution in [0.25, 0.3) is 0 Å². The molecule has 4 heteroatoms. The third kappa shape index (κ3) is 3.47. The molecule has 0 saturated heterocycles. The minimum Gasteiger partial charge on any atom is -0.384 e. The molecule has 0 bridgehead atoms. The Hall–Kier alpha value is -2.64. The lowest BCUT2D eigenvalue weighted by molar-refractivity contribution is 0.0992. The molecule has 1 aromatic carbocycles. The Bertz CT molecular complexity index is 700. The van der Waals surface area contributed by atoms with Crippen LogP contribution in [0.5, 0.6) is 0 Å². The van der Waals surface area contributed by atoms with E-state index >= 15 is 0 Å². The number of aliphatic hydroxyl groups is 1. The van der Waals surface area contributed by atoms with Gasteiger partial charge in [0, 0.05) is 24.4 Å². The van der Waals surface area contributed by atoms with E-state index in [0.717, 1.165) is 11.3 Å². The predicted molar refractivity (Wildman–Crippen MR) is 82.1 cm³/mol. The first-order chi connectivity index (χ1) is 10.1. The van der Waals surface area contributed by atoms with Gasteiger partial charge in [0.15, 0.2) is 0 Å². The molecular formula is C17H16N2O2. The maximum Gasteiger partial charge on any atom is 0.258 e. The number of aliphatic hydroxyl groups excluding tert-OH is 1. The second kappa shape index (κ2) is 6.69. The molecule has 21 heavy (non-hydrogen) atoms. The van der Waals surface area contributed by atoms with Crippen LogP contribution in [-0.2, 0) is 0 Å². The Morgan fingerprint density at radius 2 is 2.19 bits per heavy atom. The fraction of sp³-hybridized carbons (Fsp3) is 0.176. The van der Waals surface area contributed by atoms with Crippen LogP contribution in [0, 0.1) is 18.8 Å². The standard InChI is InChI=1S/C17H16N2O2/c1-13-7-8-14(5-4-10-20)11-16(13)17(21)19(2)15-6-3-9-18-12-15/h3,6-9,11-12,20H,10H2,1-2H3. The van der Waals surface area contributed by atoms with Gasteiger partial charge in [0.2, 0.25) is 0 Å². The number of aromatic nitrogens is 1. The number of hydrogen-bond acceptors (Lipinski definition) is 3. The summed E-state index contributed by atoms with van der Waals surface area (Å²) in [7, 11) is 1.71. The molecule has 0 aliphatic rings. The van der Waals surface area contributed by atoms with Crippen LogP contribution >= 0.6 is 0 Å². The van der Waals surface area contributed by atoms with Crippen molar-refractivity contribution >= 4 is 11.6 Å². The molecule has 0 saturated carbocycles. The molecule has 1 N–H and O–H groups in total. The summed E-state index contributed by atoms with van der Waals surface area (Å²) in [5, 5.41) is 8.74. The number of nitrogens with zero attached hydrogens (tertiary/aromatic N) is 2. The molecule has 0 radical (unpaired) electrons. The van der Waals surface area contributed by atoms with Gasteiger partial charge in [-0.15, -0.1) is 0 Å². The zero-order valence-corrected chi connectivity index (χ0v) is 12.0. The fourth-order valence-electron chi connectivity index (χ4n) is 1.92. The van der Waals surface area contributed by atoms with Gasteiger partial charge < -0.3 is 10.0 Å². The summed E-state index contributed by atoms with van der Waals surface area (Å²) in [5.74, 6) is 5.28. The van der Waals surface area contributed by atoms with Crippen molar-refractivity contribution < 1.29 is 9.90 Å². The van der Waals surface area contributed by atoms with E-state index in [1.54, 1.807) is 36.5 Å². The van der Waals surface area contributed by atoms with Crippen LogP contribution < -0.4 is 4.90 Å². The first-order valence-electron chi connectivity index (χ1n) is 6.52. The largest absolute Gasteiger partial charge is 0.384 e. The van der Waals surface area contributed by atoms with E-state index in [4.69, 9.17) is 5.11 Å². The molecule has 106 valence electrons. The Balaban J connectivity index is 2.34. The van der Waals surface area contributed by atoms with Gasteiger partial charge in [-0.3, -0.25) is 9.78 Å². The maximum absolute atomic E-state index is 12.6. The van der Waals surface area contributed by atoms with Crippen molar-refractivity contribution in [3.8, 4) is 11.8 Å². The summed E-state index contributed by atoms with van der Waals surface area (Å²) in [5.41, 5.74) is 2.91. The molecule has 1 aromatic heterocycles. The lowest BCUT2D eigenvalue weighted by Crippen LogP contribution is -2.27. The number of anilines is 1. The number of carbonyl (C=O) groups excluding carboxylic acids is 1. The molecule has 2 aromatic rings. The molecule has 1 heterocycles. The SMILES string of the molecule is Cc1ccc(C#CCO)cc1C(=O)N(C)c1cccnc1. The fourth-order valence-corrected chi connectivity index (χ4v) is 1.92. The number of amides is 1. The number of aryl methyl sites for hydroxylation is 1. The molecule has 0 unspecified atom stereocenters. The minimum absolute atomic E-state index is 0.117. The molecule has 0 aliphatic carbocycles. The first-order valence-corrected chi connectivity index (χ1v) is 6.52. The lowest BCUT2D eigenvalue weighted by atomic mass is 10.0. The van der Waals surface area contributed by atoms with Gasteiger partial charge in [-0.2, -0.15) is 0 Å². The molecule has 1 amide bonds. The normalized spacial score (nSPS) is 9.67. The smallest absolute Gasteiger partial charge is 0.258 e. The molecule has 0 aliphatic heterocycles. The Morgan fingerprint density at radius 3 is 2.86 bits per heavy atom. The third-order valence-corrected chi connectivity index (χ3v) is 3.12. The van der Waals surface area contributed by atoms with Gasteiger partial charge >= 0.3 is 0 Å². The van der Waals surface area contributed by atoms with Crippen LogP contribution in [0.15, 0.2) is 42.7 Å². The number of carbonyl (C=O) groups is 1. The molecular weight excluding hydrogens is 264 g/mol. The van der Waals surface area contributed by atoms with E-state index in [1.165, 1.54) is 0 Å². The number of hydrogen-bond donors (Lipinski definition) is 1. The van der Waals surface area contributed by atoms with Crippen molar-refractivity contribution in [1.29, 1.82) is 0 Å². The van der Waals surface area contributed by atoms with E-state index < -0.39 is 0 Å². The van der Waals surface area contributed by atoms with E-state index in [9.17, 15) is 4.79 Å². The maximum atomic E-state index is 12.6. The monoisotopic (exact) mass is 280 g/mol. The summed E-state index contributed by atoms with van der Waals surface area (Å²) in [6, 6.07) is 9.04. The number of rotatable bonds is 2. The Morgan fingerprint density at radius 1 is 1.38 bits per heavy atom. The average Bonchev–Trinajstić information content (AvgIpc) is 2.53. The van der Waals surface area contributed by atoms with Crippen LogP contribution in [-0.4, -0.2) is 29.7 Å². The van der Waals surface area contributed by atoms with Crippen LogP contribution in [0.4, 0.5) is 5.69 Å². The quantitative estimate of drug-likeness (QED) is 0.856. The summed E-state index contributed by atoms with van der Waals surface area (Å²) in [4.78, 5) is 18.2. The van der Waals surface area contributed by atoms with Crippen molar-refractivity contribution in [2.75, 3.05) is 18.6 Å². The zero-order valence-electron chi connectivity index (χ0n) is 12.0. The van der Waals surface area contributed by atoms with Gasteiger partial charge in [0.25, 0.3) is 5.91 Å². The van der Waals surface area contributed by atoms with Crippen molar-refractivity contribution in [3.63, 3.8) is 0 Å². The highest BCUT2D eigenvalue weighted by atomic mass is 16.2. The molecule has 0 atom stereocenters. The van der Waals surface area contributed by atoms with Crippen molar-refractivity contribution in [1.82, 2.24) is 4.98 Å². The lowest BCUT2D eigenvalue weighted by Gasteiger charge is -2.18. The second-order valence-electron chi connectivity index (χ2n) is 4.56. The topological polar surface area (TPSA) is 53.4 Å². The van der Waals surface area contributed by atoms with Crippen molar-refractivity contribution in [2.45, 2.75) is 6.92 Å². The average molecular weight is 280 g/mol. The van der Waals surface area contributed by atoms with E-state index in [1.807, 2.05) is 25.1 Å². The van der Waals surface area contributed by atoms with Gasteiger partial charge in [-0.25, -0.2) is 0 Å². The summed E-state index contributed by atoms with van der Waals surface area (Å²) < 4.78 is 0. The summed E-state index contributed by atoms with van der Waals surface area (Å²) in [6.45, 7) is 1.68. The van der Waals surface area contributed by atoms with Crippen LogP contribution in [0.3, 0.4) is 0 Å². The van der Waals surface area contributed by atoms with E-state index in [0.29, 0.717) is 11.1 Å². The predicted octanol–water partition coefficient (Wildman–Crippen LogP) is 2.01. The van der Waals surface area contributed by atoms with Crippen LogP contribution in [0.1, 0.15) is 21.5 Å². The first kappa shape index (κ1) is 14.8. The van der Waals surface area contributed by atoms with E-state index in [-0.39, 0.29) is 12.5 Å². The summed E-state index contributed by atoms with van der Waals surface area (Å²) in [6.07, 6.45) is 3.31. The molecule has 0 spiro atoms. The zero-order chi connectivity index (χ0) is 15.2. The highest BCUT2D eigenvalue weighted by Crippen LogP contribution is 2.17. The molecule has 0 fully saturated rings. The highest BCUT2D eigenvalue weighted by Gasteiger charge is 2.16. The van der Waals surface area contributed by atoms with Crippen molar-refractivity contribution in [3.05, 3.63) is 59.4 Å². The highest BCUT2D eigenvalue weighted by molar-refractivity contribution is 6.06. The van der Waals surface area contributed by atoms with Gasteiger partial charge in [-0.05, 0) is 36.8 Å². The number of pyridine rings is 1. The number of benzene rings is 1.